The zero-order chi connectivity index (χ0) is 10.8. The van der Waals surface area contributed by atoms with E-state index in [1.165, 1.54) is 6.42 Å². The second-order valence-electron chi connectivity index (χ2n) is 5.18. The van der Waals surface area contributed by atoms with Gasteiger partial charge in [0, 0.05) is 13.1 Å². The maximum absolute atomic E-state index is 12.1. The van der Waals surface area contributed by atoms with E-state index in [2.05, 4.69) is 24.1 Å². The standard InChI is InChI=1S/C12H22N2O.ClH/c1-9-5-7-14(8-10(9)2)12(15)11-4-3-6-13-11;/h9-11,13H,3-8H2,1-2H3;1H/t9?,10?,11-;/m0./s1. The first-order chi connectivity index (χ1) is 7.18. The summed E-state index contributed by atoms with van der Waals surface area (Å²) in [5.41, 5.74) is 0. The molecule has 0 bridgehead atoms. The van der Waals surface area contributed by atoms with E-state index in [0.29, 0.717) is 11.8 Å². The van der Waals surface area contributed by atoms with Gasteiger partial charge in [0.2, 0.25) is 5.91 Å². The van der Waals surface area contributed by atoms with Crippen LogP contribution in [0.1, 0.15) is 33.1 Å². The minimum Gasteiger partial charge on any atom is -0.341 e. The van der Waals surface area contributed by atoms with E-state index in [0.717, 1.165) is 38.4 Å². The normalized spacial score (nSPS) is 34.6. The first-order valence-electron chi connectivity index (χ1n) is 6.20. The smallest absolute Gasteiger partial charge is 0.239 e. The molecule has 3 nitrogen and oxygen atoms in total. The lowest BCUT2D eigenvalue weighted by Crippen LogP contribution is -2.49. The molecular formula is C12H23ClN2O. The Labute approximate surface area is 104 Å². The predicted octanol–water partition coefficient (Wildman–Crippen LogP) is 1.66. The van der Waals surface area contributed by atoms with Crippen LogP contribution < -0.4 is 5.32 Å². The first kappa shape index (κ1) is 13.8. The molecule has 16 heavy (non-hydrogen) atoms. The van der Waals surface area contributed by atoms with Crippen LogP contribution >= 0.6 is 12.4 Å². The third-order valence-corrected chi connectivity index (χ3v) is 4.00. The van der Waals surface area contributed by atoms with Crippen molar-refractivity contribution >= 4 is 18.3 Å². The molecular weight excluding hydrogens is 224 g/mol. The molecule has 0 aliphatic carbocycles. The summed E-state index contributed by atoms with van der Waals surface area (Å²) in [6, 6.07) is 0.116. The Kier molecular flexibility index (Phi) is 5.06. The van der Waals surface area contributed by atoms with Crippen molar-refractivity contribution in [2.24, 2.45) is 11.8 Å². The maximum atomic E-state index is 12.1. The average molecular weight is 247 g/mol. The Morgan fingerprint density at radius 3 is 2.56 bits per heavy atom. The summed E-state index contributed by atoms with van der Waals surface area (Å²) >= 11 is 0. The van der Waals surface area contributed by atoms with Crippen LogP contribution in [0.25, 0.3) is 0 Å². The van der Waals surface area contributed by atoms with Gasteiger partial charge in [0.05, 0.1) is 6.04 Å². The second-order valence-corrected chi connectivity index (χ2v) is 5.18. The summed E-state index contributed by atoms with van der Waals surface area (Å²) in [5, 5.41) is 3.29. The molecule has 2 fully saturated rings. The first-order valence-corrected chi connectivity index (χ1v) is 6.20. The lowest BCUT2D eigenvalue weighted by molar-refractivity contribution is -0.135. The fourth-order valence-corrected chi connectivity index (χ4v) is 2.58. The highest BCUT2D eigenvalue weighted by Gasteiger charge is 2.31. The molecule has 0 aromatic carbocycles. The van der Waals surface area contributed by atoms with Crippen molar-refractivity contribution < 1.29 is 4.79 Å². The number of carbonyl (C=O) groups excluding carboxylic acids is 1. The molecule has 1 N–H and O–H groups in total. The summed E-state index contributed by atoms with van der Waals surface area (Å²) in [6.45, 7) is 7.48. The van der Waals surface area contributed by atoms with Crippen LogP contribution in [0.2, 0.25) is 0 Å². The number of piperidine rings is 1. The summed E-state index contributed by atoms with van der Waals surface area (Å²) in [5.74, 6) is 1.76. The Morgan fingerprint density at radius 2 is 2.00 bits per heavy atom. The Morgan fingerprint density at radius 1 is 1.25 bits per heavy atom. The number of amides is 1. The van der Waals surface area contributed by atoms with E-state index in [9.17, 15) is 4.79 Å². The Hall–Kier alpha value is -0.280. The largest absolute Gasteiger partial charge is 0.341 e. The van der Waals surface area contributed by atoms with Gasteiger partial charge in [-0.3, -0.25) is 4.79 Å². The third-order valence-electron chi connectivity index (χ3n) is 4.00. The van der Waals surface area contributed by atoms with Crippen molar-refractivity contribution in [2.45, 2.75) is 39.2 Å². The molecule has 0 radical (unpaired) electrons. The number of nitrogens with one attached hydrogen (secondary N) is 1. The SMILES string of the molecule is CC1CCN(C(=O)[C@@H]2CCCN2)CC1C.Cl. The molecule has 2 aliphatic heterocycles. The molecule has 94 valence electrons. The van der Waals surface area contributed by atoms with Gasteiger partial charge in [0.15, 0.2) is 0 Å². The van der Waals surface area contributed by atoms with Gasteiger partial charge in [-0.05, 0) is 37.6 Å². The van der Waals surface area contributed by atoms with Crippen LogP contribution in [0.15, 0.2) is 0 Å². The minimum absolute atomic E-state index is 0. The lowest BCUT2D eigenvalue weighted by atomic mass is 9.88. The molecule has 2 saturated heterocycles. The number of nitrogens with zero attached hydrogens (tertiary/aromatic N) is 1. The molecule has 0 aromatic heterocycles. The molecule has 0 aromatic rings. The summed E-state index contributed by atoms with van der Waals surface area (Å²) in [6.07, 6.45) is 3.34. The topological polar surface area (TPSA) is 32.3 Å². The summed E-state index contributed by atoms with van der Waals surface area (Å²) in [4.78, 5) is 14.2. The molecule has 0 spiro atoms. The Bertz CT molecular complexity index is 241. The van der Waals surface area contributed by atoms with Crippen LogP contribution in [0, 0.1) is 11.8 Å². The van der Waals surface area contributed by atoms with Crippen LogP contribution in [0.5, 0.6) is 0 Å². The van der Waals surface area contributed by atoms with Gasteiger partial charge in [-0.2, -0.15) is 0 Å². The molecule has 1 amide bonds. The van der Waals surface area contributed by atoms with E-state index >= 15 is 0 Å². The van der Waals surface area contributed by atoms with Gasteiger partial charge in [0.25, 0.3) is 0 Å². The monoisotopic (exact) mass is 246 g/mol. The maximum Gasteiger partial charge on any atom is 0.239 e. The number of rotatable bonds is 1. The van der Waals surface area contributed by atoms with Crippen LogP contribution in [0.4, 0.5) is 0 Å². The second kappa shape index (κ2) is 5.87. The van der Waals surface area contributed by atoms with E-state index in [4.69, 9.17) is 0 Å². The number of carbonyl (C=O) groups is 1. The number of halogens is 1. The molecule has 4 heteroatoms. The van der Waals surface area contributed by atoms with Crippen molar-refractivity contribution in [1.29, 1.82) is 0 Å². The van der Waals surface area contributed by atoms with Crippen LogP contribution in [0.3, 0.4) is 0 Å². The van der Waals surface area contributed by atoms with Crippen LogP contribution in [-0.4, -0.2) is 36.5 Å². The van der Waals surface area contributed by atoms with Gasteiger partial charge in [-0.1, -0.05) is 13.8 Å². The number of hydrogen-bond donors (Lipinski definition) is 1. The van der Waals surface area contributed by atoms with E-state index < -0.39 is 0 Å². The average Bonchev–Trinajstić information content (AvgIpc) is 2.74. The number of hydrogen-bond acceptors (Lipinski definition) is 2. The summed E-state index contributed by atoms with van der Waals surface area (Å²) in [7, 11) is 0. The zero-order valence-electron chi connectivity index (χ0n) is 10.2. The fourth-order valence-electron chi connectivity index (χ4n) is 2.58. The third kappa shape index (κ3) is 2.89. The summed E-state index contributed by atoms with van der Waals surface area (Å²) < 4.78 is 0. The van der Waals surface area contributed by atoms with Crippen molar-refractivity contribution in [3.63, 3.8) is 0 Å². The van der Waals surface area contributed by atoms with Gasteiger partial charge in [-0.15, -0.1) is 12.4 Å². The molecule has 0 saturated carbocycles. The Balaban J connectivity index is 0.00000128. The van der Waals surface area contributed by atoms with Gasteiger partial charge in [0.1, 0.15) is 0 Å². The van der Waals surface area contributed by atoms with Gasteiger partial charge < -0.3 is 10.2 Å². The molecule has 2 heterocycles. The highest BCUT2D eigenvalue weighted by atomic mass is 35.5. The molecule has 2 rings (SSSR count). The number of likely N-dealkylation sites (tertiary alicyclic amines) is 1. The molecule has 2 unspecified atom stereocenters. The lowest BCUT2D eigenvalue weighted by Gasteiger charge is -2.36. The van der Waals surface area contributed by atoms with E-state index in [-0.39, 0.29) is 18.4 Å². The highest BCUT2D eigenvalue weighted by Crippen LogP contribution is 2.23. The van der Waals surface area contributed by atoms with Gasteiger partial charge >= 0.3 is 0 Å². The van der Waals surface area contributed by atoms with Crippen molar-refractivity contribution in [3.8, 4) is 0 Å². The molecule has 2 aliphatic rings. The quantitative estimate of drug-likeness (QED) is 0.763. The molecule has 3 atom stereocenters. The van der Waals surface area contributed by atoms with E-state index in [1.54, 1.807) is 0 Å². The van der Waals surface area contributed by atoms with Crippen molar-refractivity contribution in [3.05, 3.63) is 0 Å². The zero-order valence-corrected chi connectivity index (χ0v) is 11.1. The van der Waals surface area contributed by atoms with Crippen LogP contribution in [-0.2, 0) is 4.79 Å². The van der Waals surface area contributed by atoms with Crippen molar-refractivity contribution in [1.82, 2.24) is 10.2 Å². The van der Waals surface area contributed by atoms with E-state index in [1.807, 2.05) is 0 Å². The van der Waals surface area contributed by atoms with Crippen molar-refractivity contribution in [2.75, 3.05) is 19.6 Å². The fraction of sp³-hybridized carbons (Fsp3) is 0.917. The predicted molar refractivity (Wildman–Crippen MR) is 67.8 cm³/mol. The minimum atomic E-state index is 0. The van der Waals surface area contributed by atoms with Gasteiger partial charge in [-0.25, -0.2) is 0 Å². The highest BCUT2D eigenvalue weighted by molar-refractivity contribution is 5.85.